The molecule has 2 rings (SSSR count). The molecule has 0 bridgehead atoms. The molecule has 0 amide bonds. The Labute approximate surface area is 90.7 Å². The van der Waals surface area contributed by atoms with Gasteiger partial charge in [-0.3, -0.25) is 0 Å². The first-order chi connectivity index (χ1) is 7.16. The molecule has 1 unspecified atom stereocenters. The molecular weight excluding hydrogens is 194 g/mol. The fourth-order valence-electron chi connectivity index (χ4n) is 2.81. The second-order valence-electron chi connectivity index (χ2n) is 4.80. The van der Waals surface area contributed by atoms with Crippen molar-refractivity contribution in [2.24, 2.45) is 11.1 Å². The number of hydrogen-bond acceptors (Lipinski definition) is 4. The van der Waals surface area contributed by atoms with Crippen LogP contribution in [-0.2, 0) is 9.47 Å². The normalized spacial score (nSPS) is 45.4. The van der Waals surface area contributed by atoms with Crippen molar-refractivity contribution in [3.63, 3.8) is 0 Å². The molecule has 0 aromatic heterocycles. The van der Waals surface area contributed by atoms with Gasteiger partial charge in [-0.15, -0.1) is 0 Å². The van der Waals surface area contributed by atoms with E-state index in [1.54, 1.807) is 0 Å². The number of rotatable bonds is 4. The van der Waals surface area contributed by atoms with E-state index in [9.17, 15) is 5.11 Å². The van der Waals surface area contributed by atoms with Gasteiger partial charge in [-0.05, 0) is 13.3 Å². The smallest absolute Gasteiger partial charge is 0.0788 e. The standard InChI is InChI=1S/C11H21NO3/c1-2-15-9-5-11(13,6-9)10(7-12)3-4-14-8-10/h9,13H,2-8,12H2,1H3. The second kappa shape index (κ2) is 4.01. The molecule has 0 radical (unpaired) electrons. The van der Waals surface area contributed by atoms with Crippen LogP contribution in [0, 0.1) is 5.41 Å². The van der Waals surface area contributed by atoms with Crippen molar-refractivity contribution in [1.29, 1.82) is 0 Å². The predicted octanol–water partition coefficient (Wildman–Crippen LogP) is 0.282. The molecule has 4 nitrogen and oxygen atoms in total. The molecule has 2 aliphatic rings. The lowest BCUT2D eigenvalue weighted by Gasteiger charge is -2.53. The van der Waals surface area contributed by atoms with Crippen molar-refractivity contribution in [2.45, 2.75) is 37.9 Å². The van der Waals surface area contributed by atoms with Crippen molar-refractivity contribution in [1.82, 2.24) is 0 Å². The van der Waals surface area contributed by atoms with E-state index in [4.69, 9.17) is 15.2 Å². The molecule has 88 valence electrons. The summed E-state index contributed by atoms with van der Waals surface area (Å²) in [7, 11) is 0. The summed E-state index contributed by atoms with van der Waals surface area (Å²) >= 11 is 0. The Kier molecular flexibility index (Phi) is 3.03. The van der Waals surface area contributed by atoms with E-state index in [1.807, 2.05) is 6.92 Å². The largest absolute Gasteiger partial charge is 0.389 e. The number of hydrogen-bond donors (Lipinski definition) is 2. The van der Waals surface area contributed by atoms with Crippen LogP contribution < -0.4 is 5.73 Å². The van der Waals surface area contributed by atoms with E-state index < -0.39 is 5.60 Å². The summed E-state index contributed by atoms with van der Waals surface area (Å²) in [5.41, 5.74) is 4.93. The van der Waals surface area contributed by atoms with Gasteiger partial charge in [0.05, 0.1) is 18.3 Å². The highest BCUT2D eigenvalue weighted by atomic mass is 16.5. The van der Waals surface area contributed by atoms with Crippen LogP contribution in [0.5, 0.6) is 0 Å². The van der Waals surface area contributed by atoms with Crippen LogP contribution >= 0.6 is 0 Å². The maximum Gasteiger partial charge on any atom is 0.0788 e. The summed E-state index contributed by atoms with van der Waals surface area (Å²) in [6, 6.07) is 0. The average molecular weight is 215 g/mol. The average Bonchev–Trinajstić information content (AvgIpc) is 2.65. The van der Waals surface area contributed by atoms with Gasteiger partial charge >= 0.3 is 0 Å². The van der Waals surface area contributed by atoms with E-state index >= 15 is 0 Å². The molecule has 1 saturated heterocycles. The van der Waals surface area contributed by atoms with Crippen LogP contribution in [0.15, 0.2) is 0 Å². The van der Waals surface area contributed by atoms with E-state index in [-0.39, 0.29) is 11.5 Å². The van der Waals surface area contributed by atoms with Crippen molar-refractivity contribution in [3.8, 4) is 0 Å². The van der Waals surface area contributed by atoms with Crippen LogP contribution in [0.4, 0.5) is 0 Å². The second-order valence-corrected chi connectivity index (χ2v) is 4.80. The minimum atomic E-state index is -0.655. The molecule has 1 atom stereocenters. The molecule has 1 saturated carbocycles. The van der Waals surface area contributed by atoms with E-state index in [1.165, 1.54) is 0 Å². The fourth-order valence-corrected chi connectivity index (χ4v) is 2.81. The predicted molar refractivity (Wildman–Crippen MR) is 56.5 cm³/mol. The Morgan fingerprint density at radius 2 is 2.27 bits per heavy atom. The molecule has 0 aromatic carbocycles. The summed E-state index contributed by atoms with van der Waals surface area (Å²) in [5, 5.41) is 10.5. The summed E-state index contributed by atoms with van der Waals surface area (Å²) < 4.78 is 10.9. The fraction of sp³-hybridized carbons (Fsp3) is 1.00. The lowest BCUT2D eigenvalue weighted by Crippen LogP contribution is -2.62. The van der Waals surface area contributed by atoms with Crippen molar-refractivity contribution >= 4 is 0 Å². The van der Waals surface area contributed by atoms with Gasteiger partial charge in [0.1, 0.15) is 0 Å². The minimum absolute atomic E-state index is 0.212. The maximum atomic E-state index is 10.5. The Morgan fingerprint density at radius 1 is 1.53 bits per heavy atom. The quantitative estimate of drug-likeness (QED) is 0.707. The third-order valence-corrected chi connectivity index (χ3v) is 4.01. The van der Waals surface area contributed by atoms with Crippen molar-refractivity contribution < 1.29 is 14.6 Å². The van der Waals surface area contributed by atoms with Crippen LogP contribution in [-0.4, -0.2) is 43.2 Å². The summed E-state index contributed by atoms with van der Waals surface area (Å²) in [5.74, 6) is 0. The first kappa shape index (κ1) is 11.3. The summed E-state index contributed by atoms with van der Waals surface area (Å²) in [4.78, 5) is 0. The molecule has 3 N–H and O–H groups in total. The van der Waals surface area contributed by atoms with Crippen LogP contribution in [0.1, 0.15) is 26.2 Å². The highest BCUT2D eigenvalue weighted by molar-refractivity contribution is 5.09. The minimum Gasteiger partial charge on any atom is -0.389 e. The molecular formula is C11H21NO3. The number of ether oxygens (including phenoxy) is 2. The molecule has 2 fully saturated rings. The SMILES string of the molecule is CCOC1CC(O)(C2(CN)CCOC2)C1. The number of nitrogens with two attached hydrogens (primary N) is 1. The Morgan fingerprint density at radius 3 is 2.73 bits per heavy atom. The van der Waals surface area contributed by atoms with Crippen molar-refractivity contribution in [3.05, 3.63) is 0 Å². The zero-order valence-electron chi connectivity index (χ0n) is 9.37. The monoisotopic (exact) mass is 215 g/mol. The molecule has 0 aromatic rings. The Balaban J connectivity index is 1.98. The van der Waals surface area contributed by atoms with Gasteiger partial charge in [0.25, 0.3) is 0 Å². The summed E-state index contributed by atoms with van der Waals surface area (Å²) in [6.07, 6.45) is 2.51. The van der Waals surface area contributed by atoms with Gasteiger partial charge in [0.2, 0.25) is 0 Å². The van der Waals surface area contributed by atoms with Gasteiger partial charge in [-0.1, -0.05) is 0 Å². The summed E-state index contributed by atoms with van der Waals surface area (Å²) in [6.45, 7) is 4.52. The van der Waals surface area contributed by atoms with Crippen LogP contribution in [0.2, 0.25) is 0 Å². The van der Waals surface area contributed by atoms with Gasteiger partial charge in [0, 0.05) is 38.0 Å². The zero-order chi connectivity index (χ0) is 10.9. The molecule has 4 heteroatoms. The zero-order valence-corrected chi connectivity index (χ0v) is 9.37. The Bertz CT molecular complexity index is 220. The van der Waals surface area contributed by atoms with Crippen molar-refractivity contribution in [2.75, 3.05) is 26.4 Å². The van der Waals surface area contributed by atoms with E-state index in [0.29, 0.717) is 32.6 Å². The lowest BCUT2D eigenvalue weighted by atomic mass is 9.59. The van der Waals surface area contributed by atoms with Gasteiger partial charge in [0.15, 0.2) is 0 Å². The molecule has 1 aliphatic heterocycles. The molecule has 15 heavy (non-hydrogen) atoms. The first-order valence-electron chi connectivity index (χ1n) is 5.77. The molecule has 0 spiro atoms. The van der Waals surface area contributed by atoms with E-state index in [2.05, 4.69) is 0 Å². The van der Waals surface area contributed by atoms with Crippen LogP contribution in [0.3, 0.4) is 0 Å². The third-order valence-electron chi connectivity index (χ3n) is 4.01. The van der Waals surface area contributed by atoms with Crippen LogP contribution in [0.25, 0.3) is 0 Å². The van der Waals surface area contributed by atoms with Gasteiger partial charge in [-0.2, -0.15) is 0 Å². The molecule has 1 aliphatic carbocycles. The van der Waals surface area contributed by atoms with Gasteiger partial charge in [-0.25, -0.2) is 0 Å². The van der Waals surface area contributed by atoms with E-state index in [0.717, 1.165) is 13.0 Å². The Hall–Kier alpha value is -0.160. The third kappa shape index (κ3) is 1.69. The van der Waals surface area contributed by atoms with Gasteiger partial charge < -0.3 is 20.3 Å². The molecule has 1 heterocycles. The number of aliphatic hydroxyl groups is 1. The first-order valence-corrected chi connectivity index (χ1v) is 5.77. The highest BCUT2D eigenvalue weighted by Crippen LogP contribution is 2.50. The topological polar surface area (TPSA) is 64.7 Å². The highest BCUT2D eigenvalue weighted by Gasteiger charge is 2.58. The maximum absolute atomic E-state index is 10.5. The lowest BCUT2D eigenvalue weighted by molar-refractivity contribution is -0.199.